The van der Waals surface area contributed by atoms with Crippen molar-refractivity contribution in [3.63, 3.8) is 0 Å². The van der Waals surface area contributed by atoms with E-state index >= 15 is 0 Å². The summed E-state index contributed by atoms with van der Waals surface area (Å²) in [6.07, 6.45) is 2.44. The van der Waals surface area contributed by atoms with Gasteiger partial charge in [-0.2, -0.15) is 0 Å². The standard InChI is InChI=1S/C16H18N2O2S/c1-10(11-3-4-11)17-15(19)14-9-21-16(18-14)12-5-7-13(20-2)8-6-12/h5-11H,3-4H2,1-2H3,(H,17,19)/t10-/m1/s1. The minimum absolute atomic E-state index is 0.0783. The first-order valence-corrected chi connectivity index (χ1v) is 7.96. The number of carbonyl (C=O) groups excluding carboxylic acids is 1. The van der Waals surface area contributed by atoms with Gasteiger partial charge in [-0.05, 0) is 49.9 Å². The molecule has 0 spiro atoms. The normalized spacial score (nSPS) is 15.5. The number of carbonyl (C=O) groups is 1. The van der Waals surface area contributed by atoms with E-state index in [9.17, 15) is 4.79 Å². The number of amides is 1. The van der Waals surface area contributed by atoms with Crippen molar-refractivity contribution >= 4 is 17.2 Å². The van der Waals surface area contributed by atoms with E-state index in [-0.39, 0.29) is 11.9 Å². The van der Waals surface area contributed by atoms with Gasteiger partial charge in [0.05, 0.1) is 7.11 Å². The number of nitrogens with zero attached hydrogens (tertiary/aromatic N) is 1. The van der Waals surface area contributed by atoms with Crippen LogP contribution in [0.3, 0.4) is 0 Å². The monoisotopic (exact) mass is 302 g/mol. The molecule has 0 unspecified atom stereocenters. The van der Waals surface area contributed by atoms with Gasteiger partial charge in [0, 0.05) is 17.0 Å². The lowest BCUT2D eigenvalue weighted by Crippen LogP contribution is -2.34. The zero-order chi connectivity index (χ0) is 14.8. The fraction of sp³-hybridized carbons (Fsp3) is 0.375. The van der Waals surface area contributed by atoms with Crippen LogP contribution >= 0.6 is 11.3 Å². The zero-order valence-corrected chi connectivity index (χ0v) is 12.9. The average molecular weight is 302 g/mol. The number of nitrogens with one attached hydrogen (secondary N) is 1. The lowest BCUT2D eigenvalue weighted by Gasteiger charge is -2.10. The highest BCUT2D eigenvalue weighted by atomic mass is 32.1. The van der Waals surface area contributed by atoms with E-state index in [4.69, 9.17) is 4.74 Å². The number of benzene rings is 1. The fourth-order valence-electron chi connectivity index (χ4n) is 2.24. The smallest absolute Gasteiger partial charge is 0.270 e. The topological polar surface area (TPSA) is 51.2 Å². The van der Waals surface area contributed by atoms with Gasteiger partial charge >= 0.3 is 0 Å². The summed E-state index contributed by atoms with van der Waals surface area (Å²) in [5.41, 5.74) is 1.49. The van der Waals surface area contributed by atoms with Crippen LogP contribution in [0.4, 0.5) is 0 Å². The Labute approximate surface area is 128 Å². The highest BCUT2D eigenvalue weighted by Crippen LogP contribution is 2.32. The molecular formula is C16H18N2O2S. The Morgan fingerprint density at radius 2 is 2.10 bits per heavy atom. The summed E-state index contributed by atoms with van der Waals surface area (Å²) < 4.78 is 5.14. The molecule has 1 aromatic heterocycles. The lowest BCUT2D eigenvalue weighted by molar-refractivity contribution is 0.0931. The number of methoxy groups -OCH3 is 1. The molecule has 2 aromatic rings. The van der Waals surface area contributed by atoms with Crippen molar-refractivity contribution in [2.75, 3.05) is 7.11 Å². The molecule has 110 valence electrons. The first kappa shape index (κ1) is 14.1. The summed E-state index contributed by atoms with van der Waals surface area (Å²) in [5, 5.41) is 5.69. The van der Waals surface area contributed by atoms with Crippen LogP contribution < -0.4 is 10.1 Å². The van der Waals surface area contributed by atoms with Crippen molar-refractivity contribution in [2.45, 2.75) is 25.8 Å². The second-order valence-corrected chi connectivity index (χ2v) is 6.22. The van der Waals surface area contributed by atoms with Gasteiger partial charge in [0.1, 0.15) is 16.5 Å². The van der Waals surface area contributed by atoms with Gasteiger partial charge in [0.25, 0.3) is 5.91 Å². The van der Waals surface area contributed by atoms with E-state index in [0.717, 1.165) is 16.3 Å². The third-order valence-corrected chi connectivity index (χ3v) is 4.65. The molecule has 0 bridgehead atoms. The summed E-state index contributed by atoms with van der Waals surface area (Å²) in [6, 6.07) is 7.93. The predicted molar refractivity (Wildman–Crippen MR) is 83.8 cm³/mol. The molecule has 1 amide bonds. The third kappa shape index (κ3) is 3.24. The van der Waals surface area contributed by atoms with Crippen molar-refractivity contribution in [2.24, 2.45) is 5.92 Å². The highest BCUT2D eigenvalue weighted by Gasteiger charge is 2.29. The number of hydrogen-bond donors (Lipinski definition) is 1. The lowest BCUT2D eigenvalue weighted by atomic mass is 10.2. The molecule has 1 aromatic carbocycles. The second kappa shape index (κ2) is 5.85. The van der Waals surface area contributed by atoms with E-state index in [0.29, 0.717) is 11.6 Å². The maximum atomic E-state index is 12.1. The molecular weight excluding hydrogens is 284 g/mol. The Morgan fingerprint density at radius 3 is 2.71 bits per heavy atom. The van der Waals surface area contributed by atoms with Gasteiger partial charge in [-0.15, -0.1) is 11.3 Å². The molecule has 0 radical (unpaired) electrons. The van der Waals surface area contributed by atoms with E-state index < -0.39 is 0 Å². The molecule has 0 aliphatic heterocycles. The van der Waals surface area contributed by atoms with E-state index in [1.165, 1.54) is 24.2 Å². The average Bonchev–Trinajstić information content (AvgIpc) is 3.24. The minimum atomic E-state index is -0.0783. The van der Waals surface area contributed by atoms with Crippen molar-refractivity contribution in [3.05, 3.63) is 35.3 Å². The van der Waals surface area contributed by atoms with Gasteiger partial charge in [0.15, 0.2) is 0 Å². The largest absolute Gasteiger partial charge is 0.497 e. The van der Waals surface area contributed by atoms with Crippen molar-refractivity contribution < 1.29 is 9.53 Å². The quantitative estimate of drug-likeness (QED) is 0.921. The summed E-state index contributed by atoms with van der Waals surface area (Å²) in [4.78, 5) is 16.6. The molecule has 0 saturated heterocycles. The number of ether oxygens (including phenoxy) is 1. The first-order chi connectivity index (χ1) is 10.2. The van der Waals surface area contributed by atoms with Crippen LogP contribution in [0.1, 0.15) is 30.3 Å². The molecule has 1 aliphatic rings. The van der Waals surface area contributed by atoms with Crippen LogP contribution in [-0.4, -0.2) is 24.0 Å². The molecule has 1 saturated carbocycles. The maximum Gasteiger partial charge on any atom is 0.270 e. The molecule has 1 aliphatic carbocycles. The van der Waals surface area contributed by atoms with E-state index in [1.54, 1.807) is 7.11 Å². The molecule has 1 atom stereocenters. The summed E-state index contributed by atoms with van der Waals surface area (Å²) in [5.74, 6) is 1.38. The van der Waals surface area contributed by atoms with Crippen molar-refractivity contribution in [1.82, 2.24) is 10.3 Å². The fourth-order valence-corrected chi connectivity index (χ4v) is 3.05. The van der Waals surface area contributed by atoms with Gasteiger partial charge in [0.2, 0.25) is 0 Å². The number of aromatic nitrogens is 1. The Balaban J connectivity index is 1.71. The Morgan fingerprint density at radius 1 is 1.38 bits per heavy atom. The van der Waals surface area contributed by atoms with E-state index in [1.807, 2.05) is 29.6 Å². The van der Waals surface area contributed by atoms with Crippen LogP contribution in [-0.2, 0) is 0 Å². The number of thiazole rings is 1. The summed E-state index contributed by atoms with van der Waals surface area (Å²) in [7, 11) is 1.64. The maximum absolute atomic E-state index is 12.1. The van der Waals surface area contributed by atoms with Gasteiger partial charge in [-0.1, -0.05) is 0 Å². The van der Waals surface area contributed by atoms with Crippen molar-refractivity contribution in [3.8, 4) is 16.3 Å². The number of hydrogen-bond acceptors (Lipinski definition) is 4. The SMILES string of the molecule is COc1ccc(-c2nc(C(=O)N[C@H](C)C3CC3)cs2)cc1. The highest BCUT2D eigenvalue weighted by molar-refractivity contribution is 7.13. The van der Waals surface area contributed by atoms with Crippen LogP contribution in [0.25, 0.3) is 10.6 Å². The van der Waals surface area contributed by atoms with Crippen LogP contribution in [0.5, 0.6) is 5.75 Å². The summed E-state index contributed by atoms with van der Waals surface area (Å²) in [6.45, 7) is 2.06. The molecule has 5 heteroatoms. The van der Waals surface area contributed by atoms with E-state index in [2.05, 4.69) is 17.2 Å². The molecule has 21 heavy (non-hydrogen) atoms. The Bertz CT molecular complexity index is 632. The van der Waals surface area contributed by atoms with Gasteiger partial charge in [-0.25, -0.2) is 4.98 Å². The molecule has 3 rings (SSSR count). The van der Waals surface area contributed by atoms with Crippen LogP contribution in [0.15, 0.2) is 29.6 Å². The first-order valence-electron chi connectivity index (χ1n) is 7.08. The van der Waals surface area contributed by atoms with Crippen LogP contribution in [0.2, 0.25) is 0 Å². The molecule has 4 nitrogen and oxygen atoms in total. The Kier molecular flexibility index (Phi) is 3.92. The summed E-state index contributed by atoms with van der Waals surface area (Å²) >= 11 is 1.48. The van der Waals surface area contributed by atoms with Gasteiger partial charge < -0.3 is 10.1 Å². The molecule has 1 fully saturated rings. The van der Waals surface area contributed by atoms with Crippen LogP contribution in [0, 0.1) is 5.92 Å². The Hall–Kier alpha value is -1.88. The number of rotatable bonds is 5. The minimum Gasteiger partial charge on any atom is -0.497 e. The molecule has 1 N–H and O–H groups in total. The van der Waals surface area contributed by atoms with Crippen molar-refractivity contribution in [1.29, 1.82) is 0 Å². The molecule has 1 heterocycles. The third-order valence-electron chi connectivity index (χ3n) is 3.76. The van der Waals surface area contributed by atoms with Gasteiger partial charge in [-0.3, -0.25) is 4.79 Å². The predicted octanol–water partition coefficient (Wildman–Crippen LogP) is 3.35. The zero-order valence-electron chi connectivity index (χ0n) is 12.1. The second-order valence-electron chi connectivity index (χ2n) is 5.37.